The van der Waals surface area contributed by atoms with E-state index >= 15 is 0 Å². The number of rotatable bonds is 5. The molecule has 1 saturated heterocycles. The summed E-state index contributed by atoms with van der Waals surface area (Å²) in [4.78, 5) is 9.19. The average Bonchev–Trinajstić information content (AvgIpc) is 2.52. The lowest BCUT2D eigenvalue weighted by molar-refractivity contribution is -0.141. The van der Waals surface area contributed by atoms with E-state index < -0.39 is 17.5 Å². The zero-order valence-electron chi connectivity index (χ0n) is 13.4. The van der Waals surface area contributed by atoms with E-state index in [0.717, 1.165) is 6.07 Å². The zero-order valence-corrected chi connectivity index (χ0v) is 13.4. The summed E-state index contributed by atoms with van der Waals surface area (Å²) in [7, 11) is 4.84. The van der Waals surface area contributed by atoms with Gasteiger partial charge in [-0.05, 0) is 0 Å². The molecule has 1 aliphatic rings. The number of hydrogen-bond donors (Lipinski definition) is 1. The molecule has 1 aromatic heterocycles. The van der Waals surface area contributed by atoms with Crippen molar-refractivity contribution >= 4 is 11.8 Å². The first kappa shape index (κ1) is 17.7. The maximum atomic E-state index is 13.0. The molecule has 0 bridgehead atoms. The van der Waals surface area contributed by atoms with Crippen molar-refractivity contribution in [1.29, 1.82) is 0 Å². The second kappa shape index (κ2) is 6.88. The molecule has 0 radical (unpaired) electrons. The highest BCUT2D eigenvalue weighted by Crippen LogP contribution is 2.31. The number of hydrogen-bond acceptors (Lipinski definition) is 6. The topological polar surface area (TPSA) is 59.5 Å². The first-order valence-corrected chi connectivity index (χ1v) is 7.26. The number of nitrogens with one attached hydrogen (secondary N) is 1. The van der Waals surface area contributed by atoms with E-state index in [0.29, 0.717) is 32.6 Å². The van der Waals surface area contributed by atoms with Crippen LogP contribution in [0.4, 0.5) is 24.9 Å². The molecule has 9 heteroatoms. The molecule has 2 heterocycles. The molecule has 2 rings (SSSR count). The summed E-state index contributed by atoms with van der Waals surface area (Å²) >= 11 is 0. The van der Waals surface area contributed by atoms with Crippen LogP contribution < -0.4 is 10.2 Å². The van der Waals surface area contributed by atoms with Gasteiger partial charge in [0.25, 0.3) is 0 Å². The molecule has 0 amide bonds. The highest BCUT2D eigenvalue weighted by atomic mass is 19.4. The van der Waals surface area contributed by atoms with Crippen molar-refractivity contribution in [3.8, 4) is 0 Å². The van der Waals surface area contributed by atoms with Crippen LogP contribution in [0.1, 0.15) is 18.5 Å². The number of halogens is 3. The Morgan fingerprint density at radius 1 is 1.30 bits per heavy atom. The van der Waals surface area contributed by atoms with E-state index in [1.807, 2.05) is 0 Å². The molecule has 0 saturated carbocycles. The molecule has 0 atom stereocenters. The summed E-state index contributed by atoms with van der Waals surface area (Å²) < 4.78 is 49.8. The third-order valence-electron chi connectivity index (χ3n) is 3.87. The predicted molar refractivity (Wildman–Crippen MR) is 79.6 cm³/mol. The van der Waals surface area contributed by atoms with Gasteiger partial charge in [-0.1, -0.05) is 0 Å². The molecule has 6 nitrogen and oxygen atoms in total. The number of ether oxygens (including phenoxy) is 2. The van der Waals surface area contributed by atoms with Crippen LogP contribution in [0, 0.1) is 0 Å². The molecule has 1 aromatic rings. The highest BCUT2D eigenvalue weighted by molar-refractivity contribution is 5.44. The van der Waals surface area contributed by atoms with Crippen LogP contribution >= 0.6 is 0 Å². The van der Waals surface area contributed by atoms with Gasteiger partial charge in [0.2, 0.25) is 5.95 Å². The van der Waals surface area contributed by atoms with Gasteiger partial charge in [-0.25, -0.2) is 4.98 Å². The Morgan fingerprint density at radius 2 is 1.96 bits per heavy atom. The van der Waals surface area contributed by atoms with Crippen LogP contribution in [0.3, 0.4) is 0 Å². The summed E-state index contributed by atoms with van der Waals surface area (Å²) in [5, 5.41) is 2.88. The van der Waals surface area contributed by atoms with E-state index in [4.69, 9.17) is 9.47 Å². The van der Waals surface area contributed by atoms with E-state index in [1.165, 1.54) is 4.90 Å². The van der Waals surface area contributed by atoms with Crippen LogP contribution in [0.15, 0.2) is 6.07 Å². The van der Waals surface area contributed by atoms with E-state index in [1.54, 1.807) is 21.2 Å². The van der Waals surface area contributed by atoms with Crippen molar-refractivity contribution in [2.24, 2.45) is 0 Å². The van der Waals surface area contributed by atoms with Crippen LogP contribution in [0.2, 0.25) is 0 Å². The number of anilines is 2. The average molecular weight is 334 g/mol. The van der Waals surface area contributed by atoms with Crippen molar-refractivity contribution in [2.45, 2.75) is 24.6 Å². The minimum Gasteiger partial charge on any atom is -0.381 e. The number of nitrogens with zero attached hydrogens (tertiary/aromatic N) is 3. The van der Waals surface area contributed by atoms with Gasteiger partial charge in [0, 0.05) is 59.9 Å². The van der Waals surface area contributed by atoms with Gasteiger partial charge >= 0.3 is 6.18 Å². The van der Waals surface area contributed by atoms with Crippen LogP contribution in [-0.4, -0.2) is 56.5 Å². The normalized spacial score (nSPS) is 17.8. The maximum Gasteiger partial charge on any atom is 0.433 e. The Morgan fingerprint density at radius 3 is 2.48 bits per heavy atom. The molecule has 130 valence electrons. The zero-order chi connectivity index (χ0) is 17.1. The Kier molecular flexibility index (Phi) is 5.30. The third kappa shape index (κ3) is 4.44. The fourth-order valence-corrected chi connectivity index (χ4v) is 2.32. The molecular formula is C14H21F3N4O2. The summed E-state index contributed by atoms with van der Waals surface area (Å²) in [6.07, 6.45) is -3.20. The Hall–Kier alpha value is -1.61. The van der Waals surface area contributed by atoms with Gasteiger partial charge in [-0.15, -0.1) is 0 Å². The molecule has 0 aliphatic carbocycles. The Balaban J connectivity index is 2.19. The quantitative estimate of drug-likeness (QED) is 0.891. The molecule has 0 aromatic carbocycles. The number of alkyl halides is 3. The maximum absolute atomic E-state index is 13.0. The van der Waals surface area contributed by atoms with Crippen molar-refractivity contribution in [2.75, 3.05) is 51.2 Å². The predicted octanol–water partition coefficient (Wildman–Crippen LogP) is 2.17. The monoisotopic (exact) mass is 334 g/mol. The minimum absolute atomic E-state index is 0.0635. The first-order valence-electron chi connectivity index (χ1n) is 7.26. The summed E-state index contributed by atoms with van der Waals surface area (Å²) in [5.41, 5.74) is -1.45. The Labute approximate surface area is 133 Å². The van der Waals surface area contributed by atoms with Crippen molar-refractivity contribution in [3.63, 3.8) is 0 Å². The van der Waals surface area contributed by atoms with Crippen LogP contribution in [0.25, 0.3) is 0 Å². The third-order valence-corrected chi connectivity index (χ3v) is 3.87. The molecule has 1 N–H and O–H groups in total. The van der Waals surface area contributed by atoms with Crippen molar-refractivity contribution in [1.82, 2.24) is 9.97 Å². The fraction of sp³-hybridized carbons (Fsp3) is 0.714. The lowest BCUT2D eigenvalue weighted by Gasteiger charge is -2.36. The van der Waals surface area contributed by atoms with Gasteiger partial charge < -0.3 is 19.7 Å². The lowest BCUT2D eigenvalue weighted by atomic mass is 9.94. The first-order chi connectivity index (χ1) is 10.8. The largest absolute Gasteiger partial charge is 0.433 e. The van der Waals surface area contributed by atoms with E-state index in [-0.39, 0.29) is 11.8 Å². The molecule has 1 fully saturated rings. The van der Waals surface area contributed by atoms with Gasteiger partial charge in [0.15, 0.2) is 5.69 Å². The molecule has 0 unspecified atom stereocenters. The van der Waals surface area contributed by atoms with Crippen LogP contribution in [-0.2, 0) is 15.7 Å². The summed E-state index contributed by atoms with van der Waals surface area (Å²) in [5.74, 6) is 0.125. The second-order valence-electron chi connectivity index (χ2n) is 5.68. The second-order valence-corrected chi connectivity index (χ2v) is 5.68. The van der Waals surface area contributed by atoms with Gasteiger partial charge in [0.1, 0.15) is 5.82 Å². The summed E-state index contributed by atoms with van der Waals surface area (Å²) in [6, 6.07) is 0.922. The van der Waals surface area contributed by atoms with Gasteiger partial charge in [-0.3, -0.25) is 0 Å². The lowest BCUT2D eigenvalue weighted by Crippen LogP contribution is -2.44. The van der Waals surface area contributed by atoms with E-state index in [9.17, 15) is 13.2 Å². The molecule has 1 aliphatic heterocycles. The van der Waals surface area contributed by atoms with Crippen molar-refractivity contribution in [3.05, 3.63) is 11.8 Å². The Bertz CT molecular complexity index is 531. The van der Waals surface area contributed by atoms with Gasteiger partial charge in [0.05, 0.1) is 5.60 Å². The smallest absolute Gasteiger partial charge is 0.381 e. The number of methoxy groups -OCH3 is 1. The standard InChI is InChI=1S/C14H21F3N4O2/c1-21(2)11-8-10(14(15,16)17)19-12(20-11)18-9-13(22-3)4-6-23-7-5-13/h8H,4-7,9H2,1-3H3,(H,18,19,20). The SMILES string of the molecule is COC1(CNc2nc(N(C)C)cc(C(F)(F)F)n2)CCOCC1. The highest BCUT2D eigenvalue weighted by Gasteiger charge is 2.35. The van der Waals surface area contributed by atoms with Crippen LogP contribution in [0.5, 0.6) is 0 Å². The molecular weight excluding hydrogens is 313 g/mol. The molecule has 23 heavy (non-hydrogen) atoms. The molecule has 0 spiro atoms. The summed E-state index contributed by atoms with van der Waals surface area (Å²) in [6.45, 7) is 1.44. The minimum atomic E-state index is -4.53. The number of aromatic nitrogens is 2. The fourth-order valence-electron chi connectivity index (χ4n) is 2.32. The van der Waals surface area contributed by atoms with Crippen molar-refractivity contribution < 1.29 is 22.6 Å². The van der Waals surface area contributed by atoms with E-state index in [2.05, 4.69) is 15.3 Å². The van der Waals surface area contributed by atoms with Gasteiger partial charge in [-0.2, -0.15) is 18.2 Å².